The van der Waals surface area contributed by atoms with Crippen LogP contribution in [0.15, 0.2) is 0 Å². The van der Waals surface area contributed by atoms with Crippen molar-refractivity contribution in [1.82, 2.24) is 9.80 Å². The maximum atomic E-state index is 13.2. The van der Waals surface area contributed by atoms with Gasteiger partial charge in [0.15, 0.2) is 0 Å². The number of carbonyl (C=O) groups excluding carboxylic acids is 5. The third kappa shape index (κ3) is 5.79. The monoisotopic (exact) mass is 464 g/mol. The van der Waals surface area contributed by atoms with E-state index in [0.717, 1.165) is 0 Å². The minimum atomic E-state index is -1.07. The van der Waals surface area contributed by atoms with Gasteiger partial charge < -0.3 is 32.7 Å². The summed E-state index contributed by atoms with van der Waals surface area (Å²) in [5, 5.41) is 0. The van der Waals surface area contributed by atoms with Crippen molar-refractivity contribution in [2.24, 2.45) is 22.9 Å². The van der Waals surface area contributed by atoms with Crippen LogP contribution in [0.2, 0.25) is 0 Å². The molecule has 172 valence electrons. The number of carbonyl (C=O) groups is 5. The standard InChI is InChI=1S/C17H28N6O5.2H2S/c18-10(2-4-12(19)24)15(27)23-8-1-6-17(23)7-9-22(16(17)28)11(14(21)26)3-5-13(20)25;;/h10-11H,1-9,18H2,(H2,19,24)(H2,20,25)(H2,21,26);2*1H2/t10-,11-,17?;;/m0../s1. The molecule has 0 saturated carbocycles. The highest BCUT2D eigenvalue weighted by atomic mass is 32.1. The number of hydrogen-bond acceptors (Lipinski definition) is 6. The van der Waals surface area contributed by atoms with Gasteiger partial charge in [-0.2, -0.15) is 27.0 Å². The first-order valence-electron chi connectivity index (χ1n) is 9.34. The molecule has 1 unspecified atom stereocenters. The number of rotatable bonds is 9. The zero-order valence-corrected chi connectivity index (χ0v) is 18.8. The third-order valence-electron chi connectivity index (χ3n) is 5.57. The van der Waals surface area contributed by atoms with Crippen LogP contribution in [0.1, 0.15) is 44.9 Å². The van der Waals surface area contributed by atoms with Gasteiger partial charge in [0.05, 0.1) is 6.04 Å². The summed E-state index contributed by atoms with van der Waals surface area (Å²) < 4.78 is 0. The van der Waals surface area contributed by atoms with Gasteiger partial charge in [-0.1, -0.05) is 0 Å². The van der Waals surface area contributed by atoms with Gasteiger partial charge in [0.2, 0.25) is 29.5 Å². The zero-order valence-electron chi connectivity index (χ0n) is 16.8. The van der Waals surface area contributed by atoms with Crippen LogP contribution in [0, 0.1) is 0 Å². The van der Waals surface area contributed by atoms with E-state index in [1.165, 1.54) is 9.80 Å². The van der Waals surface area contributed by atoms with Gasteiger partial charge in [0.1, 0.15) is 11.6 Å². The lowest BCUT2D eigenvalue weighted by Crippen LogP contribution is -2.58. The number of likely N-dealkylation sites (tertiary alicyclic amines) is 2. The first-order chi connectivity index (χ1) is 13.1. The minimum Gasteiger partial charge on any atom is -0.370 e. The molecule has 2 aliphatic heterocycles. The summed E-state index contributed by atoms with van der Waals surface area (Å²) >= 11 is 0. The second-order valence-corrected chi connectivity index (χ2v) is 7.41. The van der Waals surface area contributed by atoms with Crippen LogP contribution >= 0.6 is 27.0 Å². The van der Waals surface area contributed by atoms with Crippen LogP contribution in [-0.2, 0) is 24.0 Å². The topological polar surface area (TPSA) is 196 Å². The van der Waals surface area contributed by atoms with Crippen LogP contribution in [-0.4, -0.2) is 70.0 Å². The summed E-state index contributed by atoms with van der Waals surface area (Å²) in [7, 11) is 0. The molecule has 11 nitrogen and oxygen atoms in total. The van der Waals surface area contributed by atoms with Crippen LogP contribution in [0.5, 0.6) is 0 Å². The van der Waals surface area contributed by atoms with E-state index in [-0.39, 0.29) is 65.1 Å². The molecule has 30 heavy (non-hydrogen) atoms. The summed E-state index contributed by atoms with van der Waals surface area (Å²) in [6, 6.07) is -1.90. The molecule has 13 heteroatoms. The zero-order chi connectivity index (χ0) is 21.1. The highest BCUT2D eigenvalue weighted by molar-refractivity contribution is 7.59. The maximum absolute atomic E-state index is 13.2. The van der Waals surface area contributed by atoms with E-state index in [1.807, 2.05) is 0 Å². The number of nitrogens with zero attached hydrogens (tertiary/aromatic N) is 2. The predicted octanol–water partition coefficient (Wildman–Crippen LogP) is -2.48. The first kappa shape index (κ1) is 28.0. The Morgan fingerprint density at radius 1 is 0.933 bits per heavy atom. The Balaban J connectivity index is 0.00000420. The van der Waals surface area contributed by atoms with Crippen LogP contribution in [0.4, 0.5) is 0 Å². The van der Waals surface area contributed by atoms with E-state index in [1.54, 1.807) is 0 Å². The van der Waals surface area contributed by atoms with Gasteiger partial charge in [0, 0.05) is 25.9 Å². The lowest BCUT2D eigenvalue weighted by molar-refractivity contribution is -0.149. The Kier molecular flexibility index (Phi) is 10.7. The van der Waals surface area contributed by atoms with Crippen molar-refractivity contribution in [3.8, 4) is 0 Å². The molecule has 1 spiro atoms. The molecule has 3 atom stereocenters. The Morgan fingerprint density at radius 3 is 2.03 bits per heavy atom. The molecular weight excluding hydrogens is 432 g/mol. The highest BCUT2D eigenvalue weighted by Crippen LogP contribution is 2.40. The maximum Gasteiger partial charge on any atom is 0.249 e. The van der Waals surface area contributed by atoms with Crippen LogP contribution in [0.3, 0.4) is 0 Å². The first-order valence-corrected chi connectivity index (χ1v) is 9.34. The molecule has 0 aromatic heterocycles. The Labute approximate surface area is 189 Å². The van der Waals surface area contributed by atoms with Gasteiger partial charge in [-0.05, 0) is 32.1 Å². The van der Waals surface area contributed by atoms with Crippen molar-refractivity contribution in [1.29, 1.82) is 0 Å². The lowest BCUT2D eigenvalue weighted by Gasteiger charge is -2.36. The molecule has 8 N–H and O–H groups in total. The van der Waals surface area contributed by atoms with Crippen molar-refractivity contribution in [2.75, 3.05) is 13.1 Å². The Hall–Kier alpha value is -1.99. The molecule has 5 amide bonds. The van der Waals surface area contributed by atoms with Gasteiger partial charge in [-0.15, -0.1) is 0 Å². The Morgan fingerprint density at radius 2 is 1.50 bits per heavy atom. The molecule has 0 bridgehead atoms. The van der Waals surface area contributed by atoms with E-state index >= 15 is 0 Å². The fraction of sp³-hybridized carbons (Fsp3) is 0.706. The van der Waals surface area contributed by atoms with Crippen molar-refractivity contribution < 1.29 is 24.0 Å². The smallest absolute Gasteiger partial charge is 0.249 e. The van der Waals surface area contributed by atoms with E-state index < -0.39 is 41.3 Å². The largest absolute Gasteiger partial charge is 0.370 e. The number of amides is 5. The van der Waals surface area contributed by atoms with E-state index in [9.17, 15) is 24.0 Å². The molecule has 2 heterocycles. The van der Waals surface area contributed by atoms with Crippen LogP contribution < -0.4 is 22.9 Å². The molecule has 2 rings (SSSR count). The average molecular weight is 465 g/mol. The molecule has 0 aromatic carbocycles. The number of primary amides is 3. The summed E-state index contributed by atoms with van der Waals surface area (Å²) in [6.45, 7) is 0.608. The highest BCUT2D eigenvalue weighted by Gasteiger charge is 2.56. The quantitative estimate of drug-likeness (QED) is 0.291. The van der Waals surface area contributed by atoms with Gasteiger partial charge in [-0.25, -0.2) is 0 Å². The number of hydrogen-bond donors (Lipinski definition) is 4. The minimum absolute atomic E-state index is 0. The third-order valence-corrected chi connectivity index (χ3v) is 5.57. The SMILES string of the molecule is NC(=O)CC[C@H](N)C(=O)N1CCCC12CCN([C@@H](CCC(N)=O)C(N)=O)C2=O.S.S. The molecule has 2 saturated heterocycles. The second kappa shape index (κ2) is 11.4. The summed E-state index contributed by atoms with van der Waals surface area (Å²) in [5.41, 5.74) is 20.5. The van der Waals surface area contributed by atoms with Crippen LogP contribution in [0.25, 0.3) is 0 Å². The van der Waals surface area contributed by atoms with Crippen molar-refractivity contribution in [3.63, 3.8) is 0 Å². The van der Waals surface area contributed by atoms with E-state index in [0.29, 0.717) is 25.8 Å². The van der Waals surface area contributed by atoms with E-state index in [4.69, 9.17) is 22.9 Å². The summed E-state index contributed by atoms with van der Waals surface area (Å²) in [4.78, 5) is 62.7. The Bertz CT molecular complexity index is 694. The lowest BCUT2D eigenvalue weighted by atomic mass is 9.93. The second-order valence-electron chi connectivity index (χ2n) is 7.41. The summed E-state index contributed by atoms with van der Waals surface area (Å²) in [5.74, 6) is -2.65. The summed E-state index contributed by atoms with van der Waals surface area (Å²) in [6.07, 6.45) is 1.46. The van der Waals surface area contributed by atoms with Crippen molar-refractivity contribution >= 4 is 56.5 Å². The van der Waals surface area contributed by atoms with Gasteiger partial charge in [-0.3, -0.25) is 24.0 Å². The fourth-order valence-corrected chi connectivity index (χ4v) is 4.11. The van der Waals surface area contributed by atoms with Crippen molar-refractivity contribution in [2.45, 2.75) is 62.6 Å². The predicted molar refractivity (Wildman–Crippen MR) is 119 cm³/mol. The van der Waals surface area contributed by atoms with E-state index in [2.05, 4.69) is 0 Å². The normalized spacial score (nSPS) is 22.2. The molecule has 0 radical (unpaired) electrons. The van der Waals surface area contributed by atoms with Gasteiger partial charge in [0.25, 0.3) is 0 Å². The fourth-order valence-electron chi connectivity index (χ4n) is 4.11. The number of nitrogens with two attached hydrogens (primary N) is 4. The molecule has 2 aliphatic rings. The average Bonchev–Trinajstić information content (AvgIpc) is 3.18. The van der Waals surface area contributed by atoms with Crippen molar-refractivity contribution in [3.05, 3.63) is 0 Å². The molecule has 0 aromatic rings. The molecule has 0 aliphatic carbocycles. The van der Waals surface area contributed by atoms with Gasteiger partial charge >= 0.3 is 0 Å². The molecule has 2 fully saturated rings. The molecular formula is C17H32N6O5S2.